The van der Waals surface area contributed by atoms with Crippen molar-refractivity contribution in [2.24, 2.45) is 0 Å². The Hall–Kier alpha value is -2.04. The van der Waals surface area contributed by atoms with E-state index in [-0.39, 0.29) is 6.61 Å². The number of hydrogen-bond donors (Lipinski definition) is 3. The van der Waals surface area contributed by atoms with Crippen LogP contribution in [0.25, 0.3) is 21.8 Å². The molecule has 1 atom stereocenters. The van der Waals surface area contributed by atoms with E-state index in [1.165, 1.54) is 0 Å². The maximum Gasteiger partial charge on any atom is 0.129 e. The van der Waals surface area contributed by atoms with Crippen LogP contribution in [0.2, 0.25) is 0 Å². The van der Waals surface area contributed by atoms with E-state index in [0.29, 0.717) is 6.54 Å². The van der Waals surface area contributed by atoms with Gasteiger partial charge in [-0.1, -0.05) is 31.2 Å². The maximum atomic E-state index is 9.88. The van der Waals surface area contributed by atoms with E-state index in [1.54, 1.807) is 0 Å². The van der Waals surface area contributed by atoms with Crippen molar-refractivity contribution in [2.45, 2.75) is 13.0 Å². The molecular formula is C17H20N2O2. The maximum absolute atomic E-state index is 9.88. The molecule has 4 nitrogen and oxygen atoms in total. The normalized spacial score (nSPS) is 12.9. The van der Waals surface area contributed by atoms with Gasteiger partial charge in [0.05, 0.1) is 5.52 Å². The lowest BCUT2D eigenvalue weighted by Gasteiger charge is -2.13. The second-order valence-corrected chi connectivity index (χ2v) is 5.12. The summed E-state index contributed by atoms with van der Waals surface area (Å²) < 4.78 is 5.83. The average molecular weight is 284 g/mol. The molecule has 110 valence electrons. The van der Waals surface area contributed by atoms with Crippen LogP contribution in [-0.4, -0.2) is 35.9 Å². The standard InChI is InChI=1S/C17H20N2O2/c1-2-18-10-12(20)11-21-16-9-5-8-15-17(16)13-6-3-4-7-14(13)19-15/h3-9,12,18-20H,2,10-11H2,1H3/t12-/m0/s1. The average Bonchev–Trinajstić information content (AvgIpc) is 2.90. The third-order valence-corrected chi connectivity index (χ3v) is 3.55. The molecule has 3 N–H and O–H groups in total. The summed E-state index contributed by atoms with van der Waals surface area (Å²) in [4.78, 5) is 3.39. The van der Waals surface area contributed by atoms with E-state index in [4.69, 9.17) is 4.74 Å². The fourth-order valence-electron chi connectivity index (χ4n) is 2.54. The molecule has 21 heavy (non-hydrogen) atoms. The number of rotatable bonds is 6. The predicted molar refractivity (Wildman–Crippen MR) is 85.9 cm³/mol. The number of H-pyrrole nitrogens is 1. The van der Waals surface area contributed by atoms with E-state index in [2.05, 4.69) is 22.4 Å². The molecule has 0 bridgehead atoms. The van der Waals surface area contributed by atoms with Crippen LogP contribution in [0.4, 0.5) is 0 Å². The van der Waals surface area contributed by atoms with Crippen LogP contribution >= 0.6 is 0 Å². The van der Waals surface area contributed by atoms with Gasteiger partial charge in [-0.15, -0.1) is 0 Å². The number of ether oxygens (including phenoxy) is 1. The van der Waals surface area contributed by atoms with Crippen LogP contribution in [-0.2, 0) is 0 Å². The van der Waals surface area contributed by atoms with Gasteiger partial charge >= 0.3 is 0 Å². The summed E-state index contributed by atoms with van der Waals surface area (Å²) in [6.45, 7) is 3.68. The lowest BCUT2D eigenvalue weighted by Crippen LogP contribution is -2.31. The number of benzene rings is 2. The predicted octanol–water partition coefficient (Wildman–Crippen LogP) is 2.67. The van der Waals surface area contributed by atoms with Crippen molar-refractivity contribution in [1.29, 1.82) is 0 Å². The molecule has 0 saturated carbocycles. The van der Waals surface area contributed by atoms with Crippen LogP contribution < -0.4 is 10.1 Å². The smallest absolute Gasteiger partial charge is 0.129 e. The molecular weight excluding hydrogens is 264 g/mol. The fraction of sp³-hybridized carbons (Fsp3) is 0.294. The van der Waals surface area contributed by atoms with Crippen molar-refractivity contribution in [3.05, 3.63) is 42.5 Å². The molecule has 0 aliphatic carbocycles. The fourth-order valence-corrected chi connectivity index (χ4v) is 2.54. The summed E-state index contributed by atoms with van der Waals surface area (Å²) in [7, 11) is 0. The first-order chi connectivity index (χ1) is 10.3. The second kappa shape index (κ2) is 6.16. The molecule has 0 radical (unpaired) electrons. The Bertz CT molecular complexity index is 736. The number of aromatic nitrogens is 1. The van der Waals surface area contributed by atoms with Gasteiger partial charge in [0.25, 0.3) is 0 Å². The minimum atomic E-state index is -0.509. The minimum Gasteiger partial charge on any atom is -0.490 e. The van der Waals surface area contributed by atoms with Gasteiger partial charge in [0, 0.05) is 22.8 Å². The van der Waals surface area contributed by atoms with E-state index in [1.807, 2.05) is 37.3 Å². The highest BCUT2D eigenvalue weighted by Gasteiger charge is 2.11. The molecule has 0 aliphatic heterocycles. The molecule has 1 heterocycles. The van der Waals surface area contributed by atoms with Crippen molar-refractivity contribution >= 4 is 21.8 Å². The highest BCUT2D eigenvalue weighted by atomic mass is 16.5. The monoisotopic (exact) mass is 284 g/mol. The molecule has 0 saturated heterocycles. The third kappa shape index (κ3) is 2.86. The van der Waals surface area contributed by atoms with Crippen LogP contribution in [0.1, 0.15) is 6.92 Å². The van der Waals surface area contributed by atoms with E-state index in [9.17, 15) is 5.11 Å². The van der Waals surface area contributed by atoms with Crippen LogP contribution in [0.15, 0.2) is 42.5 Å². The Morgan fingerprint density at radius 2 is 1.95 bits per heavy atom. The van der Waals surface area contributed by atoms with Crippen molar-refractivity contribution in [3.8, 4) is 5.75 Å². The molecule has 0 fully saturated rings. The molecule has 3 aromatic rings. The number of fused-ring (bicyclic) bond motifs is 3. The first kappa shape index (κ1) is 13.9. The highest BCUT2D eigenvalue weighted by Crippen LogP contribution is 2.32. The summed E-state index contributed by atoms with van der Waals surface area (Å²) in [5, 5.41) is 15.2. The van der Waals surface area contributed by atoms with Crippen molar-refractivity contribution in [2.75, 3.05) is 19.7 Å². The Balaban J connectivity index is 1.88. The Morgan fingerprint density at radius 1 is 1.14 bits per heavy atom. The number of nitrogens with one attached hydrogen (secondary N) is 2. The number of para-hydroxylation sites is 1. The molecule has 4 heteroatoms. The van der Waals surface area contributed by atoms with Crippen LogP contribution in [0.3, 0.4) is 0 Å². The number of likely N-dealkylation sites (N-methyl/N-ethyl adjacent to an activating group) is 1. The van der Waals surface area contributed by atoms with Crippen molar-refractivity contribution < 1.29 is 9.84 Å². The molecule has 0 aliphatic rings. The zero-order chi connectivity index (χ0) is 14.7. The van der Waals surface area contributed by atoms with Gasteiger partial charge < -0.3 is 20.1 Å². The molecule has 0 unspecified atom stereocenters. The Labute approximate surface area is 123 Å². The van der Waals surface area contributed by atoms with Gasteiger partial charge in [0.2, 0.25) is 0 Å². The van der Waals surface area contributed by atoms with Gasteiger partial charge in [-0.25, -0.2) is 0 Å². The number of aliphatic hydroxyl groups is 1. The van der Waals surface area contributed by atoms with Gasteiger partial charge in [-0.05, 0) is 24.7 Å². The van der Waals surface area contributed by atoms with E-state index >= 15 is 0 Å². The highest BCUT2D eigenvalue weighted by molar-refractivity contribution is 6.10. The Kier molecular flexibility index (Phi) is 4.08. The van der Waals surface area contributed by atoms with Gasteiger partial charge in [-0.2, -0.15) is 0 Å². The topological polar surface area (TPSA) is 57.3 Å². The van der Waals surface area contributed by atoms with Crippen molar-refractivity contribution in [1.82, 2.24) is 10.3 Å². The van der Waals surface area contributed by atoms with E-state index in [0.717, 1.165) is 34.1 Å². The lowest BCUT2D eigenvalue weighted by atomic mass is 10.1. The summed E-state index contributed by atoms with van der Waals surface area (Å²) >= 11 is 0. The van der Waals surface area contributed by atoms with Gasteiger partial charge in [-0.3, -0.25) is 0 Å². The zero-order valence-corrected chi connectivity index (χ0v) is 12.1. The summed E-state index contributed by atoms with van der Waals surface area (Å²) in [6.07, 6.45) is -0.509. The molecule has 3 rings (SSSR count). The van der Waals surface area contributed by atoms with Crippen LogP contribution in [0.5, 0.6) is 5.75 Å². The summed E-state index contributed by atoms with van der Waals surface area (Å²) in [6, 6.07) is 14.1. The first-order valence-corrected chi connectivity index (χ1v) is 7.30. The van der Waals surface area contributed by atoms with Gasteiger partial charge in [0.15, 0.2) is 0 Å². The summed E-state index contributed by atoms with van der Waals surface area (Å²) in [5.41, 5.74) is 2.15. The SMILES string of the molecule is CCNC[C@H](O)COc1cccc2[nH]c3ccccc3c12. The third-order valence-electron chi connectivity index (χ3n) is 3.55. The molecule has 0 spiro atoms. The molecule has 2 aromatic carbocycles. The zero-order valence-electron chi connectivity index (χ0n) is 12.1. The number of aliphatic hydroxyl groups excluding tert-OH is 1. The largest absolute Gasteiger partial charge is 0.490 e. The number of hydrogen-bond acceptors (Lipinski definition) is 3. The lowest BCUT2D eigenvalue weighted by molar-refractivity contribution is 0.108. The minimum absolute atomic E-state index is 0.283. The molecule has 0 amide bonds. The summed E-state index contributed by atoms with van der Waals surface area (Å²) in [5.74, 6) is 0.806. The Morgan fingerprint density at radius 3 is 2.81 bits per heavy atom. The van der Waals surface area contributed by atoms with Crippen LogP contribution in [0, 0.1) is 0 Å². The second-order valence-electron chi connectivity index (χ2n) is 5.12. The van der Waals surface area contributed by atoms with E-state index < -0.39 is 6.10 Å². The van der Waals surface area contributed by atoms with Crippen molar-refractivity contribution in [3.63, 3.8) is 0 Å². The number of aromatic amines is 1. The quantitative estimate of drug-likeness (QED) is 0.652. The van der Waals surface area contributed by atoms with Gasteiger partial charge in [0.1, 0.15) is 18.5 Å². The first-order valence-electron chi connectivity index (χ1n) is 7.30. The molecule has 1 aromatic heterocycles.